The Labute approximate surface area is 125 Å². The molecular formula is C15H20N2O3S. The van der Waals surface area contributed by atoms with Crippen LogP contribution >= 0.6 is 0 Å². The molecule has 2 N–H and O–H groups in total. The normalized spacial score (nSPS) is 25.1. The van der Waals surface area contributed by atoms with E-state index >= 15 is 0 Å². The predicted octanol–water partition coefficient (Wildman–Crippen LogP) is 1.51. The van der Waals surface area contributed by atoms with Gasteiger partial charge in [-0.2, -0.15) is 0 Å². The summed E-state index contributed by atoms with van der Waals surface area (Å²) in [6.07, 6.45) is 3.66. The maximum Gasteiger partial charge on any atom is 0.253 e. The zero-order valence-electron chi connectivity index (χ0n) is 12.1. The van der Waals surface area contributed by atoms with Gasteiger partial charge in [-0.3, -0.25) is 4.79 Å². The largest absolute Gasteiger partial charge is 0.338 e. The van der Waals surface area contributed by atoms with Gasteiger partial charge in [-0.15, -0.1) is 0 Å². The number of aryl methyl sites for hydroxylation is 1. The van der Waals surface area contributed by atoms with Crippen LogP contribution in [0.1, 0.15) is 35.2 Å². The molecule has 1 aromatic carbocycles. The number of benzene rings is 1. The third kappa shape index (κ3) is 2.70. The molecule has 3 rings (SSSR count). The van der Waals surface area contributed by atoms with Crippen LogP contribution in [0.2, 0.25) is 0 Å². The predicted molar refractivity (Wildman–Crippen MR) is 79.3 cm³/mol. The first-order chi connectivity index (χ1) is 9.86. The molecule has 2 aliphatic rings. The highest BCUT2D eigenvalue weighted by atomic mass is 32.2. The highest BCUT2D eigenvalue weighted by Gasteiger charge is 2.38. The second-order valence-corrected chi connectivity index (χ2v) is 7.72. The fourth-order valence-corrected chi connectivity index (χ4v) is 4.43. The zero-order chi connectivity index (χ0) is 15.2. The van der Waals surface area contributed by atoms with Crippen molar-refractivity contribution in [2.45, 2.75) is 31.1 Å². The van der Waals surface area contributed by atoms with Crippen molar-refractivity contribution < 1.29 is 13.2 Å². The number of sulfonamides is 1. The van der Waals surface area contributed by atoms with Crippen LogP contribution in [0.5, 0.6) is 0 Å². The van der Waals surface area contributed by atoms with Crippen molar-refractivity contribution in [3.63, 3.8) is 0 Å². The molecule has 6 heteroatoms. The lowest BCUT2D eigenvalue weighted by molar-refractivity contribution is 0.0780. The first kappa shape index (κ1) is 14.5. The number of carbonyl (C=O) groups is 1. The smallest absolute Gasteiger partial charge is 0.253 e. The minimum atomic E-state index is -3.80. The van der Waals surface area contributed by atoms with Crippen LogP contribution in [0.3, 0.4) is 0 Å². The van der Waals surface area contributed by atoms with Crippen molar-refractivity contribution in [1.82, 2.24) is 4.90 Å². The van der Waals surface area contributed by atoms with Gasteiger partial charge in [0.1, 0.15) is 0 Å². The van der Waals surface area contributed by atoms with Crippen LogP contribution in [-0.4, -0.2) is 32.3 Å². The number of fused-ring (bicyclic) bond motifs is 1. The molecule has 0 radical (unpaired) electrons. The Kier molecular flexibility index (Phi) is 3.53. The fourth-order valence-electron chi connectivity index (χ4n) is 3.62. The number of hydrogen-bond acceptors (Lipinski definition) is 3. The molecule has 5 nitrogen and oxygen atoms in total. The Balaban J connectivity index is 1.86. The van der Waals surface area contributed by atoms with Gasteiger partial charge in [0.15, 0.2) is 0 Å². The van der Waals surface area contributed by atoms with E-state index in [-0.39, 0.29) is 10.8 Å². The van der Waals surface area contributed by atoms with Crippen molar-refractivity contribution >= 4 is 15.9 Å². The van der Waals surface area contributed by atoms with E-state index in [1.807, 2.05) is 4.90 Å². The molecule has 1 aliphatic carbocycles. The SMILES string of the molecule is Cc1ccc(C(=O)N2CC3CCCC3C2)cc1S(N)(=O)=O. The van der Waals surface area contributed by atoms with Crippen LogP contribution in [0, 0.1) is 18.8 Å². The number of nitrogens with zero attached hydrogens (tertiary/aromatic N) is 1. The summed E-state index contributed by atoms with van der Waals surface area (Å²) in [5.41, 5.74) is 0.969. The van der Waals surface area contributed by atoms with E-state index in [0.29, 0.717) is 23.0 Å². The maximum absolute atomic E-state index is 12.6. The molecule has 0 aromatic heterocycles. The van der Waals surface area contributed by atoms with Crippen LogP contribution < -0.4 is 5.14 Å². The van der Waals surface area contributed by atoms with Crippen molar-refractivity contribution in [3.8, 4) is 0 Å². The Morgan fingerprint density at radius 3 is 2.43 bits per heavy atom. The average molecular weight is 308 g/mol. The number of primary sulfonamides is 1. The molecule has 2 unspecified atom stereocenters. The first-order valence-corrected chi connectivity index (χ1v) is 8.83. The summed E-state index contributed by atoms with van der Waals surface area (Å²) >= 11 is 0. The summed E-state index contributed by atoms with van der Waals surface area (Å²) in [5.74, 6) is 1.16. The third-order valence-electron chi connectivity index (χ3n) is 4.76. The number of carbonyl (C=O) groups excluding carboxylic acids is 1. The van der Waals surface area contributed by atoms with E-state index in [4.69, 9.17) is 5.14 Å². The highest BCUT2D eigenvalue weighted by molar-refractivity contribution is 7.89. The molecule has 1 amide bonds. The quantitative estimate of drug-likeness (QED) is 0.899. The van der Waals surface area contributed by atoms with Crippen molar-refractivity contribution in [2.75, 3.05) is 13.1 Å². The molecule has 1 aromatic rings. The molecule has 1 saturated carbocycles. The second kappa shape index (κ2) is 5.10. The molecule has 1 aliphatic heterocycles. The molecule has 21 heavy (non-hydrogen) atoms. The minimum absolute atomic E-state index is 0.0349. The van der Waals surface area contributed by atoms with E-state index in [2.05, 4.69) is 0 Å². The molecule has 2 fully saturated rings. The van der Waals surface area contributed by atoms with Crippen LogP contribution in [-0.2, 0) is 10.0 Å². The van der Waals surface area contributed by atoms with Crippen LogP contribution in [0.25, 0.3) is 0 Å². The van der Waals surface area contributed by atoms with Gasteiger partial charge in [-0.05, 0) is 49.3 Å². The molecule has 2 atom stereocenters. The van der Waals surface area contributed by atoms with E-state index in [1.165, 1.54) is 25.3 Å². The van der Waals surface area contributed by atoms with Crippen molar-refractivity contribution in [1.29, 1.82) is 0 Å². The van der Waals surface area contributed by atoms with Gasteiger partial charge < -0.3 is 4.90 Å². The van der Waals surface area contributed by atoms with Gasteiger partial charge >= 0.3 is 0 Å². The van der Waals surface area contributed by atoms with E-state index in [9.17, 15) is 13.2 Å². The number of hydrogen-bond donors (Lipinski definition) is 1. The standard InChI is InChI=1S/C15H20N2O3S/c1-10-5-6-11(7-14(10)21(16,19)20)15(18)17-8-12-3-2-4-13(12)9-17/h5-7,12-13H,2-4,8-9H2,1H3,(H2,16,19,20). The summed E-state index contributed by atoms with van der Waals surface area (Å²) < 4.78 is 23.1. The molecular weight excluding hydrogens is 288 g/mol. The van der Waals surface area contributed by atoms with Gasteiger partial charge in [-0.1, -0.05) is 12.5 Å². The Morgan fingerprint density at radius 1 is 1.24 bits per heavy atom. The molecule has 0 spiro atoms. The van der Waals surface area contributed by atoms with Crippen molar-refractivity contribution in [2.24, 2.45) is 17.0 Å². The van der Waals surface area contributed by atoms with Gasteiger partial charge in [0, 0.05) is 18.7 Å². The van der Waals surface area contributed by atoms with Gasteiger partial charge in [0.25, 0.3) is 5.91 Å². The molecule has 1 heterocycles. The lowest BCUT2D eigenvalue weighted by atomic mass is 10.0. The lowest BCUT2D eigenvalue weighted by Crippen LogP contribution is -2.29. The Morgan fingerprint density at radius 2 is 1.86 bits per heavy atom. The number of amides is 1. The number of likely N-dealkylation sites (tertiary alicyclic amines) is 1. The molecule has 1 saturated heterocycles. The maximum atomic E-state index is 12.6. The van der Waals surface area contributed by atoms with E-state index in [0.717, 1.165) is 13.1 Å². The van der Waals surface area contributed by atoms with Crippen LogP contribution in [0.15, 0.2) is 23.1 Å². The number of nitrogens with two attached hydrogens (primary N) is 1. The Bertz CT molecular complexity index is 672. The first-order valence-electron chi connectivity index (χ1n) is 7.29. The van der Waals surface area contributed by atoms with Gasteiger partial charge in [0.05, 0.1) is 4.90 Å². The number of rotatable bonds is 2. The highest BCUT2D eigenvalue weighted by Crippen LogP contribution is 2.38. The topological polar surface area (TPSA) is 80.5 Å². The summed E-state index contributed by atoms with van der Waals surface area (Å²) in [4.78, 5) is 14.4. The average Bonchev–Trinajstić information content (AvgIpc) is 2.97. The summed E-state index contributed by atoms with van der Waals surface area (Å²) in [6, 6.07) is 4.73. The summed E-state index contributed by atoms with van der Waals surface area (Å²) in [6.45, 7) is 3.26. The summed E-state index contributed by atoms with van der Waals surface area (Å²) in [7, 11) is -3.80. The van der Waals surface area contributed by atoms with Gasteiger partial charge in [-0.25, -0.2) is 13.6 Å². The van der Waals surface area contributed by atoms with Crippen LogP contribution in [0.4, 0.5) is 0 Å². The zero-order valence-corrected chi connectivity index (χ0v) is 12.9. The third-order valence-corrected chi connectivity index (χ3v) is 5.81. The second-order valence-electron chi connectivity index (χ2n) is 6.19. The lowest BCUT2D eigenvalue weighted by Gasteiger charge is -2.18. The monoisotopic (exact) mass is 308 g/mol. The van der Waals surface area contributed by atoms with Gasteiger partial charge in [0.2, 0.25) is 10.0 Å². The summed E-state index contributed by atoms with van der Waals surface area (Å²) in [5, 5.41) is 5.20. The fraction of sp³-hybridized carbons (Fsp3) is 0.533. The van der Waals surface area contributed by atoms with E-state index in [1.54, 1.807) is 19.1 Å². The minimum Gasteiger partial charge on any atom is -0.338 e. The van der Waals surface area contributed by atoms with Crippen molar-refractivity contribution in [3.05, 3.63) is 29.3 Å². The Hall–Kier alpha value is -1.40. The molecule has 0 bridgehead atoms. The van der Waals surface area contributed by atoms with E-state index < -0.39 is 10.0 Å². The molecule has 114 valence electrons.